The standard InChI is InChI=1S/C16H20F3NO4S/c17-16(18,19)24-12-4-1-5-13(10-12)25(22,23)20-9-3-8-15(11-20)7-2-6-14(15)21/h1,4-5,10,14,21H,2-3,6-9,11H2/t14?,15-/m1/s1. The Bertz CT molecular complexity index is 737. The molecule has 1 aliphatic carbocycles. The van der Waals surface area contributed by atoms with Gasteiger partial charge in [0.25, 0.3) is 0 Å². The monoisotopic (exact) mass is 379 g/mol. The number of nitrogens with zero attached hydrogens (tertiary/aromatic N) is 1. The van der Waals surface area contributed by atoms with Crippen LogP contribution in [0, 0.1) is 5.41 Å². The molecule has 5 nitrogen and oxygen atoms in total. The number of rotatable bonds is 3. The van der Waals surface area contributed by atoms with E-state index in [0.29, 0.717) is 19.4 Å². The third kappa shape index (κ3) is 3.78. The number of benzene rings is 1. The molecule has 1 saturated heterocycles. The highest BCUT2D eigenvalue weighted by Gasteiger charge is 2.47. The Hall–Kier alpha value is -1.32. The van der Waals surface area contributed by atoms with Crippen LogP contribution in [0.3, 0.4) is 0 Å². The van der Waals surface area contributed by atoms with Gasteiger partial charge >= 0.3 is 6.36 Å². The first-order valence-electron chi connectivity index (χ1n) is 8.16. The summed E-state index contributed by atoms with van der Waals surface area (Å²) in [5.41, 5.74) is -0.439. The van der Waals surface area contributed by atoms with Crippen molar-refractivity contribution in [3.63, 3.8) is 0 Å². The van der Waals surface area contributed by atoms with Crippen LogP contribution < -0.4 is 4.74 Å². The Morgan fingerprint density at radius 2 is 1.96 bits per heavy atom. The average molecular weight is 379 g/mol. The minimum atomic E-state index is -4.88. The van der Waals surface area contributed by atoms with Crippen molar-refractivity contribution in [2.24, 2.45) is 5.41 Å². The van der Waals surface area contributed by atoms with Crippen LogP contribution in [0.15, 0.2) is 29.2 Å². The fraction of sp³-hybridized carbons (Fsp3) is 0.625. The zero-order valence-electron chi connectivity index (χ0n) is 13.5. The fourth-order valence-corrected chi connectivity index (χ4v) is 5.51. The van der Waals surface area contributed by atoms with Gasteiger partial charge in [0.1, 0.15) is 5.75 Å². The molecule has 2 fully saturated rings. The zero-order chi connectivity index (χ0) is 18.3. The number of halogens is 3. The molecule has 1 aromatic rings. The smallest absolute Gasteiger partial charge is 0.406 e. The Morgan fingerprint density at radius 1 is 1.24 bits per heavy atom. The molecule has 1 spiro atoms. The molecular formula is C16H20F3NO4S. The van der Waals surface area contributed by atoms with Crippen LogP contribution in [0.1, 0.15) is 32.1 Å². The largest absolute Gasteiger partial charge is 0.573 e. The van der Waals surface area contributed by atoms with Crippen LogP contribution in [0.4, 0.5) is 13.2 Å². The Balaban J connectivity index is 1.85. The number of alkyl halides is 3. The van der Waals surface area contributed by atoms with Gasteiger partial charge in [-0.05, 0) is 37.8 Å². The Labute approximate surface area is 144 Å². The first-order valence-corrected chi connectivity index (χ1v) is 9.60. The summed E-state index contributed by atoms with van der Waals surface area (Å²) >= 11 is 0. The van der Waals surface area contributed by atoms with Crippen LogP contribution in [-0.2, 0) is 10.0 Å². The van der Waals surface area contributed by atoms with E-state index in [2.05, 4.69) is 4.74 Å². The quantitative estimate of drug-likeness (QED) is 0.877. The van der Waals surface area contributed by atoms with E-state index in [1.807, 2.05) is 0 Å². The highest BCUT2D eigenvalue weighted by atomic mass is 32.2. The van der Waals surface area contributed by atoms with Gasteiger partial charge in [0.2, 0.25) is 10.0 Å². The normalized spacial score (nSPS) is 28.4. The molecule has 1 N–H and O–H groups in total. The van der Waals surface area contributed by atoms with E-state index in [1.165, 1.54) is 16.4 Å². The van der Waals surface area contributed by atoms with E-state index < -0.39 is 33.7 Å². The summed E-state index contributed by atoms with van der Waals surface area (Å²) in [6, 6.07) is 4.42. The van der Waals surface area contributed by atoms with E-state index in [9.17, 15) is 26.7 Å². The van der Waals surface area contributed by atoms with Crippen LogP contribution in [0.25, 0.3) is 0 Å². The van der Waals surface area contributed by atoms with E-state index in [0.717, 1.165) is 31.4 Å². The first kappa shape index (κ1) is 18.5. The molecule has 0 amide bonds. The van der Waals surface area contributed by atoms with Crippen LogP contribution in [-0.4, -0.2) is 43.4 Å². The summed E-state index contributed by atoms with van der Waals surface area (Å²) in [7, 11) is -3.95. The number of ether oxygens (including phenoxy) is 1. The summed E-state index contributed by atoms with van der Waals surface area (Å²) in [5.74, 6) is -0.568. The summed E-state index contributed by atoms with van der Waals surface area (Å²) < 4.78 is 67.9. The molecule has 2 atom stereocenters. The lowest BCUT2D eigenvalue weighted by molar-refractivity contribution is -0.274. The summed E-state index contributed by atoms with van der Waals surface area (Å²) in [5, 5.41) is 10.3. The minimum absolute atomic E-state index is 0.195. The molecule has 1 unspecified atom stereocenters. The molecule has 25 heavy (non-hydrogen) atoms. The summed E-state index contributed by atoms with van der Waals surface area (Å²) in [6.45, 7) is 0.488. The summed E-state index contributed by atoms with van der Waals surface area (Å²) in [4.78, 5) is -0.237. The molecule has 140 valence electrons. The maximum atomic E-state index is 12.9. The lowest BCUT2D eigenvalue weighted by Crippen LogP contribution is -2.49. The third-order valence-electron chi connectivity index (χ3n) is 5.11. The van der Waals surface area contributed by atoms with Gasteiger partial charge in [0.15, 0.2) is 0 Å². The van der Waals surface area contributed by atoms with Gasteiger partial charge in [-0.1, -0.05) is 12.5 Å². The fourth-order valence-electron chi connectivity index (χ4n) is 3.90. The van der Waals surface area contributed by atoms with Gasteiger partial charge in [0, 0.05) is 24.6 Å². The van der Waals surface area contributed by atoms with E-state index in [-0.39, 0.29) is 11.4 Å². The highest BCUT2D eigenvalue weighted by molar-refractivity contribution is 7.89. The lowest BCUT2D eigenvalue weighted by Gasteiger charge is -2.41. The number of piperidine rings is 1. The number of aliphatic hydroxyl groups excluding tert-OH is 1. The summed E-state index contributed by atoms with van der Waals surface area (Å²) in [6.07, 6.45) is -1.77. The molecule has 1 heterocycles. The number of aliphatic hydroxyl groups is 1. The molecule has 3 rings (SSSR count). The molecule has 1 aromatic carbocycles. The van der Waals surface area contributed by atoms with Crippen LogP contribution in [0.5, 0.6) is 5.75 Å². The van der Waals surface area contributed by atoms with Crippen molar-refractivity contribution >= 4 is 10.0 Å². The van der Waals surface area contributed by atoms with Gasteiger partial charge in [-0.15, -0.1) is 13.2 Å². The van der Waals surface area contributed by atoms with Crippen LogP contribution in [0.2, 0.25) is 0 Å². The third-order valence-corrected chi connectivity index (χ3v) is 6.95. The number of sulfonamides is 1. The second kappa shape index (κ2) is 6.44. The van der Waals surface area contributed by atoms with E-state index >= 15 is 0 Å². The van der Waals surface area contributed by atoms with Crippen molar-refractivity contribution in [1.29, 1.82) is 0 Å². The second-order valence-corrected chi connectivity index (χ2v) is 8.67. The lowest BCUT2D eigenvalue weighted by atomic mass is 9.77. The molecule has 2 aliphatic rings. The van der Waals surface area contributed by atoms with Gasteiger partial charge in [-0.2, -0.15) is 4.31 Å². The molecule has 0 radical (unpaired) electrons. The van der Waals surface area contributed by atoms with Crippen LogP contribution >= 0.6 is 0 Å². The van der Waals surface area contributed by atoms with Gasteiger partial charge < -0.3 is 9.84 Å². The predicted molar refractivity (Wildman–Crippen MR) is 83.4 cm³/mol. The van der Waals surface area contributed by atoms with Crippen molar-refractivity contribution in [3.8, 4) is 5.75 Å². The van der Waals surface area contributed by atoms with E-state index in [1.54, 1.807) is 0 Å². The minimum Gasteiger partial charge on any atom is -0.406 e. The maximum Gasteiger partial charge on any atom is 0.573 e. The zero-order valence-corrected chi connectivity index (χ0v) is 14.3. The Morgan fingerprint density at radius 3 is 2.60 bits per heavy atom. The number of hydrogen-bond donors (Lipinski definition) is 1. The Kier molecular flexibility index (Phi) is 4.76. The second-order valence-electron chi connectivity index (χ2n) is 6.74. The molecule has 1 aliphatic heterocycles. The van der Waals surface area contributed by atoms with Crippen molar-refractivity contribution < 1.29 is 31.4 Å². The van der Waals surface area contributed by atoms with E-state index in [4.69, 9.17) is 0 Å². The SMILES string of the molecule is O=S(=O)(c1cccc(OC(F)(F)F)c1)N1CCC[C@]2(CCCC2O)C1. The molecular weight excluding hydrogens is 359 g/mol. The van der Waals surface area contributed by atoms with Gasteiger partial charge in [-0.3, -0.25) is 0 Å². The maximum absolute atomic E-state index is 12.9. The molecule has 1 saturated carbocycles. The average Bonchev–Trinajstić information content (AvgIpc) is 2.86. The van der Waals surface area contributed by atoms with Gasteiger partial charge in [0.05, 0.1) is 11.0 Å². The predicted octanol–water partition coefficient (Wildman–Crippen LogP) is 2.90. The number of hydrogen-bond acceptors (Lipinski definition) is 4. The van der Waals surface area contributed by atoms with Crippen molar-refractivity contribution in [3.05, 3.63) is 24.3 Å². The molecule has 9 heteroatoms. The topological polar surface area (TPSA) is 66.8 Å². The first-order chi connectivity index (χ1) is 11.6. The molecule has 0 aromatic heterocycles. The van der Waals surface area contributed by atoms with Crippen molar-refractivity contribution in [2.75, 3.05) is 13.1 Å². The van der Waals surface area contributed by atoms with Crippen molar-refractivity contribution in [2.45, 2.75) is 49.5 Å². The highest BCUT2D eigenvalue weighted by Crippen LogP contribution is 2.46. The molecule has 0 bridgehead atoms. The van der Waals surface area contributed by atoms with Crippen molar-refractivity contribution in [1.82, 2.24) is 4.31 Å². The van der Waals surface area contributed by atoms with Gasteiger partial charge in [-0.25, -0.2) is 8.42 Å².